The molecule has 3 rings (SSSR count). The van der Waals surface area contributed by atoms with E-state index in [0.717, 1.165) is 16.0 Å². The molecule has 1 aromatic heterocycles. The fraction of sp³-hybridized carbons (Fsp3) is 0.167. The molecule has 5 heteroatoms. The van der Waals surface area contributed by atoms with Crippen LogP contribution in [-0.2, 0) is 4.79 Å². The molecule has 0 fully saturated rings. The number of nitriles is 1. The molecule has 3 aromatic rings. The second-order valence-corrected chi connectivity index (χ2v) is 7.09. The summed E-state index contributed by atoms with van der Waals surface area (Å²) in [6.45, 7) is 1.86. The van der Waals surface area contributed by atoms with Gasteiger partial charge in [-0.2, -0.15) is 5.26 Å². The Labute approximate surface area is 143 Å². The summed E-state index contributed by atoms with van der Waals surface area (Å²) >= 11 is 2.84. The third kappa shape index (κ3) is 3.61. The number of rotatable bonds is 5. The molecule has 0 aliphatic rings. The molecule has 1 heterocycles. The van der Waals surface area contributed by atoms with Gasteiger partial charge in [0.25, 0.3) is 0 Å². The first-order chi connectivity index (χ1) is 11.2. The summed E-state index contributed by atoms with van der Waals surface area (Å²) in [5.74, 6) is -0.587. The zero-order chi connectivity index (χ0) is 16.2. The second kappa shape index (κ2) is 6.95. The predicted molar refractivity (Wildman–Crippen MR) is 94.9 cm³/mol. The van der Waals surface area contributed by atoms with E-state index in [-0.39, 0.29) is 11.5 Å². The first kappa shape index (κ1) is 15.7. The number of hydrogen-bond acceptors (Lipinski definition) is 5. The van der Waals surface area contributed by atoms with E-state index in [4.69, 9.17) is 0 Å². The lowest BCUT2D eigenvalue weighted by atomic mass is 10.1. The number of thioether (sulfide) groups is 1. The number of aryl methyl sites for hydroxylation is 1. The number of carbonyl (C=O) groups is 1. The lowest BCUT2D eigenvalue weighted by Crippen LogP contribution is -2.13. The van der Waals surface area contributed by atoms with Crippen LogP contribution in [0.1, 0.15) is 16.6 Å². The van der Waals surface area contributed by atoms with Gasteiger partial charge in [-0.15, -0.1) is 23.1 Å². The van der Waals surface area contributed by atoms with E-state index in [1.165, 1.54) is 28.5 Å². The number of benzene rings is 2. The van der Waals surface area contributed by atoms with Crippen molar-refractivity contribution in [2.24, 2.45) is 0 Å². The maximum atomic E-state index is 12.3. The van der Waals surface area contributed by atoms with Crippen LogP contribution in [0.4, 0.5) is 0 Å². The highest BCUT2D eigenvalue weighted by Crippen LogP contribution is 2.27. The van der Waals surface area contributed by atoms with Crippen LogP contribution in [0.25, 0.3) is 10.8 Å². The van der Waals surface area contributed by atoms with Crippen molar-refractivity contribution >= 4 is 39.7 Å². The van der Waals surface area contributed by atoms with Crippen LogP contribution in [0, 0.1) is 18.3 Å². The highest BCUT2D eigenvalue weighted by Gasteiger charge is 2.23. The van der Waals surface area contributed by atoms with Gasteiger partial charge in [0, 0.05) is 16.0 Å². The van der Waals surface area contributed by atoms with Crippen LogP contribution in [-0.4, -0.2) is 16.5 Å². The first-order valence-electron chi connectivity index (χ1n) is 7.13. The second-order valence-electron chi connectivity index (χ2n) is 5.15. The average molecular weight is 338 g/mol. The Hall–Kier alpha value is -2.16. The van der Waals surface area contributed by atoms with Crippen molar-refractivity contribution in [1.82, 2.24) is 4.98 Å². The summed E-state index contributed by atoms with van der Waals surface area (Å²) in [4.78, 5) is 17.6. The molecule has 3 nitrogen and oxygen atoms in total. The number of fused-ring (bicyclic) bond motifs is 1. The van der Waals surface area contributed by atoms with Crippen LogP contribution >= 0.6 is 23.1 Å². The average Bonchev–Trinajstić information content (AvgIpc) is 2.99. The minimum absolute atomic E-state index is 0.0972. The molecule has 0 saturated heterocycles. The summed E-state index contributed by atoms with van der Waals surface area (Å²) in [5.41, 5.74) is 0.847. The van der Waals surface area contributed by atoms with Crippen molar-refractivity contribution in [3.63, 3.8) is 0 Å². The van der Waals surface area contributed by atoms with Crippen molar-refractivity contribution in [3.05, 3.63) is 58.5 Å². The molecule has 114 valence electrons. The first-order valence-corrected chi connectivity index (χ1v) is 9.00. The number of aromatic nitrogens is 1. The molecule has 0 amide bonds. The van der Waals surface area contributed by atoms with E-state index in [9.17, 15) is 10.1 Å². The summed E-state index contributed by atoms with van der Waals surface area (Å²) in [6, 6.07) is 16.3. The van der Waals surface area contributed by atoms with Crippen molar-refractivity contribution < 1.29 is 4.79 Å². The summed E-state index contributed by atoms with van der Waals surface area (Å²) in [7, 11) is 0. The normalized spacial score (nSPS) is 12.0. The molecule has 0 saturated carbocycles. The maximum Gasteiger partial charge on any atom is 0.167 e. The topological polar surface area (TPSA) is 53.8 Å². The van der Waals surface area contributed by atoms with Gasteiger partial charge < -0.3 is 0 Å². The molecule has 0 spiro atoms. The van der Waals surface area contributed by atoms with Crippen LogP contribution < -0.4 is 0 Å². The highest BCUT2D eigenvalue weighted by atomic mass is 32.2. The largest absolute Gasteiger partial charge is 0.297 e. The number of carbonyl (C=O) groups excluding carboxylic acids is 1. The molecule has 0 N–H and O–H groups in total. The third-order valence-corrected chi connectivity index (χ3v) is 5.48. The van der Waals surface area contributed by atoms with Gasteiger partial charge in [-0.25, -0.2) is 4.98 Å². The molecule has 0 aliphatic heterocycles. The zero-order valence-electron chi connectivity index (χ0n) is 12.5. The molecule has 23 heavy (non-hydrogen) atoms. The van der Waals surface area contributed by atoms with Gasteiger partial charge in [0.05, 0.1) is 11.8 Å². The van der Waals surface area contributed by atoms with Gasteiger partial charge in [0.15, 0.2) is 11.7 Å². The zero-order valence-corrected chi connectivity index (χ0v) is 14.2. The van der Waals surface area contributed by atoms with E-state index in [0.29, 0.717) is 5.01 Å². The quantitative estimate of drug-likeness (QED) is 0.639. The van der Waals surface area contributed by atoms with E-state index >= 15 is 0 Å². The number of thiazole rings is 1. The number of Topliss-reactive ketones (excluding diaryl/α,β-unsaturated/α-hetero) is 1. The molecular weight excluding hydrogens is 324 g/mol. The van der Waals surface area contributed by atoms with Crippen LogP contribution in [0.5, 0.6) is 0 Å². The van der Waals surface area contributed by atoms with E-state index in [2.05, 4.69) is 29.3 Å². The Bertz CT molecular complexity index is 895. The van der Waals surface area contributed by atoms with Crippen molar-refractivity contribution in [2.75, 3.05) is 5.75 Å². The molecule has 0 bridgehead atoms. The summed E-state index contributed by atoms with van der Waals surface area (Å²) < 4.78 is 0. The Balaban J connectivity index is 1.71. The van der Waals surface area contributed by atoms with Crippen molar-refractivity contribution in [2.45, 2.75) is 17.7 Å². The van der Waals surface area contributed by atoms with Crippen molar-refractivity contribution in [3.8, 4) is 6.07 Å². The Morgan fingerprint density at radius 1 is 1.30 bits per heavy atom. The Morgan fingerprint density at radius 2 is 2.09 bits per heavy atom. The third-order valence-electron chi connectivity index (χ3n) is 3.44. The van der Waals surface area contributed by atoms with Gasteiger partial charge in [-0.3, -0.25) is 4.79 Å². The molecule has 0 unspecified atom stereocenters. The fourth-order valence-electron chi connectivity index (χ4n) is 2.26. The van der Waals surface area contributed by atoms with Crippen LogP contribution in [0.15, 0.2) is 52.7 Å². The highest BCUT2D eigenvalue weighted by molar-refractivity contribution is 8.00. The molecule has 2 aromatic carbocycles. The number of nitrogens with zero attached hydrogens (tertiary/aromatic N) is 2. The Kier molecular flexibility index (Phi) is 4.75. The fourth-order valence-corrected chi connectivity index (χ4v) is 3.98. The Morgan fingerprint density at radius 3 is 2.78 bits per heavy atom. The van der Waals surface area contributed by atoms with Gasteiger partial charge in [0.1, 0.15) is 5.01 Å². The molecule has 1 atom stereocenters. The van der Waals surface area contributed by atoms with E-state index < -0.39 is 5.92 Å². The van der Waals surface area contributed by atoms with Gasteiger partial charge in [-0.1, -0.05) is 30.3 Å². The minimum atomic E-state index is -0.762. The van der Waals surface area contributed by atoms with Gasteiger partial charge in [-0.05, 0) is 29.8 Å². The minimum Gasteiger partial charge on any atom is -0.297 e. The standard InChI is InChI=1S/C18H14N2OS2/c1-12-10-23-18(20-12)16(9-19)17(21)11-22-15-7-6-13-4-2-3-5-14(13)8-15/h2-8,10,16H,11H2,1H3/t16-/m0/s1. The van der Waals surface area contributed by atoms with Gasteiger partial charge >= 0.3 is 0 Å². The summed E-state index contributed by atoms with van der Waals surface area (Å²) in [6.07, 6.45) is 0. The number of hydrogen-bond donors (Lipinski definition) is 0. The SMILES string of the molecule is Cc1csc([C@@H](C#N)C(=O)CSc2ccc3ccccc3c2)n1. The molecular formula is C18H14N2OS2. The molecule has 0 aliphatic carbocycles. The maximum absolute atomic E-state index is 12.3. The van der Waals surface area contributed by atoms with Crippen LogP contribution in [0.3, 0.4) is 0 Å². The van der Waals surface area contributed by atoms with E-state index in [1.54, 1.807) is 0 Å². The number of ketones is 1. The smallest absolute Gasteiger partial charge is 0.167 e. The van der Waals surface area contributed by atoms with E-state index in [1.807, 2.05) is 36.6 Å². The predicted octanol–water partition coefficient (Wildman–Crippen LogP) is 4.57. The van der Waals surface area contributed by atoms with Crippen molar-refractivity contribution in [1.29, 1.82) is 5.26 Å². The molecule has 0 radical (unpaired) electrons. The van der Waals surface area contributed by atoms with Gasteiger partial charge in [0.2, 0.25) is 0 Å². The lowest BCUT2D eigenvalue weighted by molar-refractivity contribution is -0.116. The summed E-state index contributed by atoms with van der Waals surface area (Å²) in [5, 5.41) is 14.1. The lowest BCUT2D eigenvalue weighted by Gasteiger charge is -2.06. The van der Waals surface area contributed by atoms with Crippen LogP contribution in [0.2, 0.25) is 0 Å². The monoisotopic (exact) mass is 338 g/mol.